The fourth-order valence-electron chi connectivity index (χ4n) is 3.27. The van der Waals surface area contributed by atoms with E-state index in [9.17, 15) is 4.79 Å². The molecule has 0 aliphatic carbocycles. The number of guanidine groups is 1. The Morgan fingerprint density at radius 3 is 2.36 bits per heavy atom. The molecule has 1 amide bonds. The summed E-state index contributed by atoms with van der Waals surface area (Å²) in [6, 6.07) is 10.3. The van der Waals surface area contributed by atoms with Crippen LogP contribution in [0.5, 0.6) is 0 Å². The van der Waals surface area contributed by atoms with Gasteiger partial charge >= 0.3 is 0 Å². The van der Waals surface area contributed by atoms with Gasteiger partial charge in [-0.15, -0.1) is 34.2 Å². The number of aliphatic imine (C=N–C) groups is 1. The molecule has 0 bridgehead atoms. The molecule has 0 atom stereocenters. The van der Waals surface area contributed by atoms with Crippen LogP contribution in [0.3, 0.4) is 0 Å². The van der Waals surface area contributed by atoms with E-state index in [1.165, 1.54) is 5.69 Å². The molecule has 2 N–H and O–H groups in total. The lowest BCUT2D eigenvalue weighted by Crippen LogP contribution is -2.41. The van der Waals surface area contributed by atoms with Crippen molar-refractivity contribution in [2.75, 3.05) is 44.7 Å². The van der Waals surface area contributed by atoms with Gasteiger partial charge in [0.1, 0.15) is 12.4 Å². The van der Waals surface area contributed by atoms with Gasteiger partial charge in [0.2, 0.25) is 5.91 Å². The Morgan fingerprint density at radius 1 is 1.09 bits per heavy atom. The number of para-hydroxylation sites is 1. The molecule has 1 aromatic heterocycles. The van der Waals surface area contributed by atoms with Crippen LogP contribution in [0, 0.1) is 6.92 Å². The minimum Gasteiger partial charge on any atom is -0.375 e. The first-order valence-corrected chi connectivity index (χ1v) is 11.4. The van der Waals surface area contributed by atoms with Crippen LogP contribution in [-0.4, -0.2) is 71.3 Å². The number of amides is 1. The first-order valence-electron chi connectivity index (χ1n) is 11.4. The smallest absolute Gasteiger partial charge is 0.224 e. The van der Waals surface area contributed by atoms with Crippen molar-refractivity contribution in [3.8, 4) is 0 Å². The van der Waals surface area contributed by atoms with Crippen molar-refractivity contribution in [2.24, 2.45) is 12.0 Å². The lowest BCUT2D eigenvalue weighted by atomic mass is 10.3. The maximum Gasteiger partial charge on any atom is 0.224 e. The summed E-state index contributed by atoms with van der Waals surface area (Å²) in [6.45, 7) is 10.0. The number of aromatic nitrogens is 3. The van der Waals surface area contributed by atoms with Gasteiger partial charge in [0.25, 0.3) is 0 Å². The molecule has 10 heteroatoms. The van der Waals surface area contributed by atoms with Crippen LogP contribution in [-0.2, 0) is 18.4 Å². The summed E-state index contributed by atoms with van der Waals surface area (Å²) in [5, 5.41) is 14.9. The van der Waals surface area contributed by atoms with E-state index in [1.807, 2.05) is 55.5 Å². The maximum absolute atomic E-state index is 12.3. The molecule has 2 rings (SSSR count). The summed E-state index contributed by atoms with van der Waals surface area (Å²) in [5.74, 6) is 2.48. The molecular formula is C23H39IN8O. The molecule has 2 aromatic rings. The van der Waals surface area contributed by atoms with Crippen molar-refractivity contribution < 1.29 is 4.79 Å². The molecule has 0 saturated carbocycles. The van der Waals surface area contributed by atoms with E-state index in [1.54, 1.807) is 0 Å². The number of rotatable bonds is 12. The van der Waals surface area contributed by atoms with Crippen LogP contribution >= 0.6 is 24.0 Å². The molecule has 0 unspecified atom stereocenters. The number of hydrogen-bond acceptors (Lipinski definition) is 5. The number of nitrogens with zero attached hydrogens (tertiary/aromatic N) is 6. The number of carbonyl (C=O) groups is 1. The van der Waals surface area contributed by atoms with Crippen LogP contribution in [0.2, 0.25) is 0 Å². The molecule has 0 radical (unpaired) electrons. The predicted molar refractivity (Wildman–Crippen MR) is 145 cm³/mol. The van der Waals surface area contributed by atoms with E-state index >= 15 is 0 Å². The Balaban J connectivity index is 0.00000544. The van der Waals surface area contributed by atoms with E-state index in [2.05, 4.69) is 49.9 Å². The zero-order valence-electron chi connectivity index (χ0n) is 20.5. The van der Waals surface area contributed by atoms with Gasteiger partial charge in [-0.05, 0) is 39.3 Å². The highest BCUT2D eigenvalue weighted by molar-refractivity contribution is 14.0. The fourth-order valence-corrected chi connectivity index (χ4v) is 3.27. The Hall–Kier alpha value is -2.37. The highest BCUT2D eigenvalue weighted by Gasteiger charge is 2.10. The molecule has 0 fully saturated rings. The lowest BCUT2D eigenvalue weighted by molar-refractivity contribution is -0.130. The normalized spacial score (nSPS) is 11.0. The zero-order valence-corrected chi connectivity index (χ0v) is 22.9. The Kier molecular flexibility index (Phi) is 13.4. The van der Waals surface area contributed by atoms with Crippen LogP contribution in [0.4, 0.5) is 5.69 Å². The van der Waals surface area contributed by atoms with Crippen molar-refractivity contribution in [2.45, 2.75) is 40.2 Å². The third-order valence-corrected chi connectivity index (χ3v) is 5.47. The van der Waals surface area contributed by atoms with E-state index in [-0.39, 0.29) is 29.9 Å². The van der Waals surface area contributed by atoms with E-state index in [4.69, 9.17) is 0 Å². The van der Waals surface area contributed by atoms with Crippen LogP contribution in [0.25, 0.3) is 0 Å². The average Bonchev–Trinajstić information content (AvgIpc) is 3.13. The number of benzene rings is 1. The number of nitrogens with one attached hydrogen (secondary N) is 2. The van der Waals surface area contributed by atoms with Crippen LogP contribution in [0.15, 0.2) is 35.3 Å². The van der Waals surface area contributed by atoms with Gasteiger partial charge in [-0.25, -0.2) is 4.99 Å². The summed E-state index contributed by atoms with van der Waals surface area (Å²) in [5.41, 5.74) is 1.20. The Morgan fingerprint density at radius 2 is 1.76 bits per heavy atom. The quantitative estimate of drug-likeness (QED) is 0.177. The molecule has 0 aliphatic rings. The highest BCUT2D eigenvalue weighted by atomic mass is 127. The molecular weight excluding hydrogens is 531 g/mol. The molecule has 9 nitrogen and oxygen atoms in total. The molecule has 0 aliphatic heterocycles. The number of aryl methyl sites for hydroxylation is 1. The van der Waals surface area contributed by atoms with Gasteiger partial charge in [-0.2, -0.15) is 0 Å². The largest absolute Gasteiger partial charge is 0.375 e. The van der Waals surface area contributed by atoms with Gasteiger partial charge in [0.15, 0.2) is 11.8 Å². The van der Waals surface area contributed by atoms with E-state index < -0.39 is 0 Å². The van der Waals surface area contributed by atoms with Crippen molar-refractivity contribution in [1.29, 1.82) is 0 Å². The monoisotopic (exact) mass is 570 g/mol. The summed E-state index contributed by atoms with van der Waals surface area (Å²) in [4.78, 5) is 21.0. The van der Waals surface area contributed by atoms with Crippen molar-refractivity contribution in [3.05, 3.63) is 42.0 Å². The van der Waals surface area contributed by atoms with Crippen molar-refractivity contribution in [1.82, 2.24) is 30.3 Å². The number of anilines is 1. The Labute approximate surface area is 215 Å². The summed E-state index contributed by atoms with van der Waals surface area (Å²) in [6.07, 6.45) is 1.38. The molecule has 0 spiro atoms. The van der Waals surface area contributed by atoms with Crippen LogP contribution in [0.1, 0.15) is 38.3 Å². The molecule has 184 valence electrons. The van der Waals surface area contributed by atoms with Gasteiger partial charge in [-0.3, -0.25) is 4.79 Å². The lowest BCUT2D eigenvalue weighted by Gasteiger charge is -2.20. The summed E-state index contributed by atoms with van der Waals surface area (Å²) in [7, 11) is 4.03. The summed E-state index contributed by atoms with van der Waals surface area (Å²) >= 11 is 0. The first-order chi connectivity index (χ1) is 15.5. The third kappa shape index (κ3) is 9.56. The molecule has 33 heavy (non-hydrogen) atoms. The number of carbonyl (C=O) groups excluding carboxylic acids is 1. The maximum atomic E-state index is 12.3. The van der Waals surface area contributed by atoms with Crippen molar-refractivity contribution >= 4 is 41.5 Å². The minimum atomic E-state index is 0. The minimum absolute atomic E-state index is 0. The summed E-state index contributed by atoms with van der Waals surface area (Å²) < 4.78 is 1.93. The fraction of sp³-hybridized carbons (Fsp3) is 0.565. The van der Waals surface area contributed by atoms with Gasteiger partial charge in [-0.1, -0.05) is 18.2 Å². The van der Waals surface area contributed by atoms with E-state index in [0.717, 1.165) is 44.2 Å². The van der Waals surface area contributed by atoms with Gasteiger partial charge < -0.3 is 25.0 Å². The SMILES string of the molecule is CCN(CC)C(=O)CCNC(=NCc1nnc(C)n1C)NCCCN(C)c1ccccc1.I. The molecule has 1 heterocycles. The molecule has 0 saturated heterocycles. The van der Waals surface area contributed by atoms with Gasteiger partial charge in [0.05, 0.1) is 0 Å². The topological polar surface area (TPSA) is 90.7 Å². The highest BCUT2D eigenvalue weighted by Crippen LogP contribution is 2.10. The van der Waals surface area contributed by atoms with Crippen LogP contribution < -0.4 is 15.5 Å². The second kappa shape index (κ2) is 15.5. The molecule has 1 aromatic carbocycles. The Bertz CT molecular complexity index is 851. The number of halogens is 1. The third-order valence-electron chi connectivity index (χ3n) is 5.47. The second-order valence-electron chi connectivity index (χ2n) is 7.67. The second-order valence-corrected chi connectivity index (χ2v) is 7.67. The zero-order chi connectivity index (χ0) is 23.3. The predicted octanol–water partition coefficient (Wildman–Crippen LogP) is 2.56. The van der Waals surface area contributed by atoms with E-state index in [0.29, 0.717) is 25.5 Å². The average molecular weight is 571 g/mol. The standard InChI is InChI=1S/C23H38N8O.HI/c1-6-31(7-2)22(32)14-16-25-23(26-18-21-28-27-19(3)30(21)5)24-15-11-17-29(4)20-12-9-8-10-13-20;/h8-10,12-13H,6-7,11,14-18H2,1-5H3,(H2,24,25,26);1H. The number of hydrogen-bond donors (Lipinski definition) is 2. The first kappa shape index (κ1) is 28.7. The van der Waals surface area contributed by atoms with Gasteiger partial charge in [0, 0.05) is 58.9 Å². The van der Waals surface area contributed by atoms with Crippen molar-refractivity contribution in [3.63, 3.8) is 0 Å².